The highest BCUT2D eigenvalue weighted by Crippen LogP contribution is 2.34. The number of aryl methyl sites for hydroxylation is 1. The summed E-state index contributed by atoms with van der Waals surface area (Å²) in [4.78, 5) is 2.43. The Kier molecular flexibility index (Phi) is 5.11. The van der Waals surface area contributed by atoms with Crippen molar-refractivity contribution < 1.29 is 5.11 Å². The van der Waals surface area contributed by atoms with Gasteiger partial charge in [0.25, 0.3) is 0 Å². The average molecular weight is 296 g/mol. The van der Waals surface area contributed by atoms with Crippen LogP contribution in [0.5, 0.6) is 0 Å². The van der Waals surface area contributed by atoms with Crippen LogP contribution in [0.2, 0.25) is 5.02 Å². The molecule has 0 saturated carbocycles. The van der Waals surface area contributed by atoms with E-state index in [1.54, 1.807) is 0 Å². The summed E-state index contributed by atoms with van der Waals surface area (Å²) in [5, 5.41) is 11.5. The Morgan fingerprint density at radius 1 is 1.15 bits per heavy atom. The topological polar surface area (TPSA) is 23.5 Å². The monoisotopic (exact) mass is 295 g/mol. The van der Waals surface area contributed by atoms with Gasteiger partial charge in [-0.1, -0.05) is 36.6 Å². The van der Waals surface area contributed by atoms with Crippen molar-refractivity contribution in [3.63, 3.8) is 0 Å². The van der Waals surface area contributed by atoms with Crippen molar-refractivity contribution in [2.45, 2.75) is 58.1 Å². The Bertz CT molecular complexity index is 450. The van der Waals surface area contributed by atoms with Crippen LogP contribution in [0.15, 0.2) is 18.2 Å². The second-order valence-corrected chi connectivity index (χ2v) is 6.87. The minimum atomic E-state index is -0.515. The van der Waals surface area contributed by atoms with Gasteiger partial charge in [0.05, 0.1) is 6.10 Å². The summed E-state index contributed by atoms with van der Waals surface area (Å²) in [5.74, 6) is 0. The summed E-state index contributed by atoms with van der Waals surface area (Å²) in [6.07, 6.45) is 4.55. The van der Waals surface area contributed by atoms with Gasteiger partial charge in [0.15, 0.2) is 0 Å². The maximum atomic E-state index is 10.8. The number of benzene rings is 1. The molecule has 0 radical (unpaired) electrons. The molecule has 0 spiro atoms. The van der Waals surface area contributed by atoms with Crippen molar-refractivity contribution in [1.29, 1.82) is 0 Å². The smallest absolute Gasteiger partial charge is 0.0968 e. The average Bonchev–Trinajstić information content (AvgIpc) is 2.70. The Labute approximate surface area is 127 Å². The predicted octanol–water partition coefficient (Wildman–Crippen LogP) is 4.34. The second kappa shape index (κ2) is 6.46. The minimum Gasteiger partial charge on any atom is -0.386 e. The lowest BCUT2D eigenvalue weighted by molar-refractivity contribution is -0.0100. The third-order valence-electron chi connectivity index (χ3n) is 4.60. The zero-order valence-electron chi connectivity index (χ0n) is 12.8. The van der Waals surface area contributed by atoms with E-state index < -0.39 is 6.10 Å². The molecule has 20 heavy (non-hydrogen) atoms. The van der Waals surface area contributed by atoms with Crippen LogP contribution in [0.25, 0.3) is 0 Å². The molecule has 1 aliphatic rings. The van der Waals surface area contributed by atoms with Crippen LogP contribution in [0.4, 0.5) is 0 Å². The van der Waals surface area contributed by atoms with E-state index in [0.29, 0.717) is 0 Å². The number of hydrogen-bond acceptors (Lipinski definition) is 2. The van der Waals surface area contributed by atoms with Crippen LogP contribution >= 0.6 is 11.6 Å². The third-order valence-corrected chi connectivity index (χ3v) is 5.01. The van der Waals surface area contributed by atoms with E-state index >= 15 is 0 Å². The molecule has 1 heterocycles. The van der Waals surface area contributed by atoms with Gasteiger partial charge in [0.1, 0.15) is 0 Å². The van der Waals surface area contributed by atoms with Crippen molar-refractivity contribution in [2.75, 3.05) is 13.1 Å². The molecule has 1 aliphatic heterocycles. The summed E-state index contributed by atoms with van der Waals surface area (Å²) < 4.78 is 0. The van der Waals surface area contributed by atoms with Gasteiger partial charge >= 0.3 is 0 Å². The number of aliphatic hydroxyl groups excluding tert-OH is 1. The number of aliphatic hydroxyl groups is 1. The number of likely N-dealkylation sites (tertiary alicyclic amines) is 1. The summed E-state index contributed by atoms with van der Waals surface area (Å²) in [6.45, 7) is 8.40. The van der Waals surface area contributed by atoms with Gasteiger partial charge in [-0.15, -0.1) is 0 Å². The molecule has 0 amide bonds. The van der Waals surface area contributed by atoms with Gasteiger partial charge in [-0.2, -0.15) is 0 Å². The van der Waals surface area contributed by atoms with Gasteiger partial charge in [0, 0.05) is 10.6 Å². The lowest BCUT2D eigenvalue weighted by atomic mass is 9.89. The van der Waals surface area contributed by atoms with Gasteiger partial charge in [0.2, 0.25) is 0 Å². The van der Waals surface area contributed by atoms with Gasteiger partial charge in [-0.05, 0) is 63.9 Å². The molecule has 1 aromatic rings. The zero-order chi connectivity index (χ0) is 14.8. The fourth-order valence-corrected chi connectivity index (χ4v) is 3.20. The predicted molar refractivity (Wildman–Crippen MR) is 85.3 cm³/mol. The summed E-state index contributed by atoms with van der Waals surface area (Å²) in [5.41, 5.74) is 1.70. The summed E-state index contributed by atoms with van der Waals surface area (Å²) >= 11 is 6.20. The SMILES string of the molecule is Cc1ccc(C(O)C(C)(C)N2CCCCCC2)cc1Cl. The molecule has 0 aliphatic carbocycles. The third kappa shape index (κ3) is 3.36. The Morgan fingerprint density at radius 3 is 2.30 bits per heavy atom. The first-order chi connectivity index (χ1) is 9.43. The maximum absolute atomic E-state index is 10.8. The number of hydrogen-bond donors (Lipinski definition) is 1. The van der Waals surface area contributed by atoms with Crippen molar-refractivity contribution in [2.24, 2.45) is 0 Å². The quantitative estimate of drug-likeness (QED) is 0.897. The van der Waals surface area contributed by atoms with Crippen LogP contribution in [-0.2, 0) is 0 Å². The van der Waals surface area contributed by atoms with Crippen LogP contribution in [-0.4, -0.2) is 28.6 Å². The van der Waals surface area contributed by atoms with E-state index in [1.807, 2.05) is 25.1 Å². The highest BCUT2D eigenvalue weighted by molar-refractivity contribution is 6.31. The Hall–Kier alpha value is -0.570. The first-order valence-electron chi connectivity index (χ1n) is 7.62. The van der Waals surface area contributed by atoms with Crippen molar-refractivity contribution in [3.05, 3.63) is 34.3 Å². The van der Waals surface area contributed by atoms with E-state index in [9.17, 15) is 5.11 Å². The fraction of sp³-hybridized carbons (Fsp3) is 0.647. The van der Waals surface area contributed by atoms with E-state index in [2.05, 4.69) is 18.7 Å². The fourth-order valence-electron chi connectivity index (χ4n) is 3.01. The van der Waals surface area contributed by atoms with Crippen molar-refractivity contribution in [1.82, 2.24) is 4.90 Å². The lowest BCUT2D eigenvalue weighted by Gasteiger charge is -2.41. The zero-order valence-corrected chi connectivity index (χ0v) is 13.6. The van der Waals surface area contributed by atoms with Crippen LogP contribution in [0.3, 0.4) is 0 Å². The highest BCUT2D eigenvalue weighted by atomic mass is 35.5. The molecule has 1 aromatic carbocycles. The van der Waals surface area contributed by atoms with Gasteiger partial charge < -0.3 is 5.11 Å². The van der Waals surface area contributed by atoms with E-state index in [1.165, 1.54) is 25.7 Å². The van der Waals surface area contributed by atoms with E-state index in [4.69, 9.17) is 11.6 Å². The molecule has 1 unspecified atom stereocenters. The Morgan fingerprint density at radius 2 is 1.75 bits per heavy atom. The van der Waals surface area contributed by atoms with E-state index in [-0.39, 0.29) is 5.54 Å². The maximum Gasteiger partial charge on any atom is 0.0968 e. The summed E-state index contributed by atoms with van der Waals surface area (Å²) in [7, 11) is 0. The molecule has 2 rings (SSSR count). The van der Waals surface area contributed by atoms with Gasteiger partial charge in [-0.3, -0.25) is 4.90 Å². The molecular weight excluding hydrogens is 270 g/mol. The second-order valence-electron chi connectivity index (χ2n) is 6.47. The van der Waals surface area contributed by atoms with Crippen molar-refractivity contribution >= 4 is 11.6 Å². The van der Waals surface area contributed by atoms with Crippen LogP contribution in [0, 0.1) is 6.92 Å². The number of rotatable bonds is 3. The van der Waals surface area contributed by atoms with Crippen LogP contribution in [0.1, 0.15) is 56.8 Å². The lowest BCUT2D eigenvalue weighted by Crippen LogP contribution is -2.48. The van der Waals surface area contributed by atoms with Crippen molar-refractivity contribution in [3.8, 4) is 0 Å². The van der Waals surface area contributed by atoms with Gasteiger partial charge in [-0.25, -0.2) is 0 Å². The minimum absolute atomic E-state index is 0.261. The molecule has 1 saturated heterocycles. The van der Waals surface area contributed by atoms with E-state index in [0.717, 1.165) is 29.2 Å². The molecule has 3 heteroatoms. The molecule has 112 valence electrons. The number of halogens is 1. The molecule has 1 atom stereocenters. The normalized spacial score (nSPS) is 19.6. The molecule has 0 bridgehead atoms. The molecule has 1 fully saturated rings. The molecule has 0 aromatic heterocycles. The first kappa shape index (κ1) is 15.8. The van der Waals surface area contributed by atoms with Crippen LogP contribution < -0.4 is 0 Å². The standard InChI is InChI=1S/C17H26ClNO/c1-13-8-9-14(12-15(13)18)16(20)17(2,3)19-10-6-4-5-7-11-19/h8-9,12,16,20H,4-7,10-11H2,1-3H3. The molecule has 2 nitrogen and oxygen atoms in total. The first-order valence-corrected chi connectivity index (χ1v) is 8.00. The number of nitrogens with zero attached hydrogens (tertiary/aromatic N) is 1. The summed E-state index contributed by atoms with van der Waals surface area (Å²) in [6, 6.07) is 5.88. The highest BCUT2D eigenvalue weighted by Gasteiger charge is 2.35. The molecular formula is C17H26ClNO. The largest absolute Gasteiger partial charge is 0.386 e. The molecule has 1 N–H and O–H groups in total. The Balaban J connectivity index is 2.20.